The van der Waals surface area contributed by atoms with Gasteiger partial charge in [0, 0.05) is 6.54 Å². The van der Waals surface area contributed by atoms with E-state index in [0.717, 1.165) is 0 Å². The SMILES string of the molecule is C=CCNc1nc(-c2ccco2)c2nnn(CC=C)c2n1. The van der Waals surface area contributed by atoms with Crippen molar-refractivity contribution < 1.29 is 4.42 Å². The lowest BCUT2D eigenvalue weighted by atomic mass is 10.3. The maximum atomic E-state index is 5.42. The first kappa shape index (κ1) is 13.0. The lowest BCUT2D eigenvalue weighted by molar-refractivity contribution is 0.580. The number of allylic oxidation sites excluding steroid dienone is 1. The smallest absolute Gasteiger partial charge is 0.225 e. The van der Waals surface area contributed by atoms with Crippen LogP contribution in [0.3, 0.4) is 0 Å². The highest BCUT2D eigenvalue weighted by Crippen LogP contribution is 2.25. The summed E-state index contributed by atoms with van der Waals surface area (Å²) >= 11 is 0. The monoisotopic (exact) mass is 282 g/mol. The number of hydrogen-bond acceptors (Lipinski definition) is 6. The van der Waals surface area contributed by atoms with Crippen LogP contribution in [0.2, 0.25) is 0 Å². The molecule has 0 aromatic carbocycles. The van der Waals surface area contributed by atoms with Crippen LogP contribution in [0, 0.1) is 0 Å². The normalized spacial score (nSPS) is 10.7. The van der Waals surface area contributed by atoms with E-state index in [1.165, 1.54) is 0 Å². The Bertz CT molecular complexity index is 774. The topological polar surface area (TPSA) is 81.7 Å². The molecule has 0 radical (unpaired) electrons. The van der Waals surface area contributed by atoms with Gasteiger partial charge in [-0.05, 0) is 12.1 Å². The molecule has 0 aliphatic heterocycles. The van der Waals surface area contributed by atoms with Crippen LogP contribution < -0.4 is 5.32 Å². The summed E-state index contributed by atoms with van der Waals surface area (Å²) in [6, 6.07) is 3.62. The molecule has 0 atom stereocenters. The fourth-order valence-corrected chi connectivity index (χ4v) is 1.93. The van der Waals surface area contributed by atoms with Crippen molar-refractivity contribution in [3.8, 4) is 11.5 Å². The molecule has 0 saturated heterocycles. The van der Waals surface area contributed by atoms with Gasteiger partial charge >= 0.3 is 0 Å². The maximum absolute atomic E-state index is 5.42. The van der Waals surface area contributed by atoms with Crippen molar-refractivity contribution in [2.45, 2.75) is 6.54 Å². The van der Waals surface area contributed by atoms with Gasteiger partial charge in [-0.25, -0.2) is 9.67 Å². The van der Waals surface area contributed by atoms with Crippen LogP contribution in [0.1, 0.15) is 0 Å². The third-order valence-electron chi connectivity index (χ3n) is 2.82. The quantitative estimate of drug-likeness (QED) is 0.698. The molecule has 3 rings (SSSR count). The van der Waals surface area contributed by atoms with Crippen LogP contribution in [0.15, 0.2) is 48.1 Å². The number of furan rings is 1. The number of nitrogens with zero attached hydrogens (tertiary/aromatic N) is 5. The van der Waals surface area contributed by atoms with Gasteiger partial charge in [0.05, 0.1) is 12.8 Å². The Morgan fingerprint density at radius 3 is 2.90 bits per heavy atom. The van der Waals surface area contributed by atoms with Crippen LogP contribution in [-0.4, -0.2) is 31.5 Å². The first-order chi connectivity index (χ1) is 10.3. The summed E-state index contributed by atoms with van der Waals surface area (Å²) in [5.41, 5.74) is 1.82. The second kappa shape index (κ2) is 5.58. The number of rotatable bonds is 6. The fraction of sp³-hybridized carbons (Fsp3) is 0.143. The molecule has 0 aliphatic carbocycles. The molecule has 0 aliphatic rings. The second-order valence-electron chi connectivity index (χ2n) is 4.28. The molecule has 3 aromatic heterocycles. The van der Waals surface area contributed by atoms with Gasteiger partial charge < -0.3 is 9.73 Å². The van der Waals surface area contributed by atoms with Gasteiger partial charge in [-0.3, -0.25) is 0 Å². The summed E-state index contributed by atoms with van der Waals surface area (Å²) < 4.78 is 7.08. The van der Waals surface area contributed by atoms with Gasteiger partial charge in [0.2, 0.25) is 5.95 Å². The molecule has 0 amide bonds. The molecule has 21 heavy (non-hydrogen) atoms. The summed E-state index contributed by atoms with van der Waals surface area (Å²) in [6.07, 6.45) is 5.06. The Kier molecular flexibility index (Phi) is 3.46. The first-order valence-electron chi connectivity index (χ1n) is 6.44. The Balaban J connectivity index is 2.19. The van der Waals surface area contributed by atoms with E-state index in [2.05, 4.69) is 38.8 Å². The highest BCUT2D eigenvalue weighted by molar-refractivity contribution is 5.86. The number of fused-ring (bicyclic) bond motifs is 1. The molecule has 0 unspecified atom stereocenters. The van der Waals surface area contributed by atoms with E-state index in [9.17, 15) is 0 Å². The van der Waals surface area contributed by atoms with E-state index in [-0.39, 0.29) is 0 Å². The Hall–Kier alpha value is -2.96. The van der Waals surface area contributed by atoms with Gasteiger partial charge in [-0.15, -0.1) is 18.3 Å². The summed E-state index contributed by atoms with van der Waals surface area (Å²) in [4.78, 5) is 8.89. The first-order valence-corrected chi connectivity index (χ1v) is 6.44. The summed E-state index contributed by atoms with van der Waals surface area (Å²) in [5.74, 6) is 1.09. The zero-order valence-corrected chi connectivity index (χ0v) is 11.4. The van der Waals surface area contributed by atoms with E-state index in [1.807, 2.05) is 6.07 Å². The Morgan fingerprint density at radius 2 is 2.19 bits per heavy atom. The molecule has 0 bridgehead atoms. The van der Waals surface area contributed by atoms with Crippen molar-refractivity contribution in [3.63, 3.8) is 0 Å². The number of hydrogen-bond donors (Lipinski definition) is 1. The van der Waals surface area contributed by atoms with Crippen LogP contribution in [-0.2, 0) is 6.54 Å². The van der Waals surface area contributed by atoms with Gasteiger partial charge in [0.25, 0.3) is 0 Å². The van der Waals surface area contributed by atoms with Crippen molar-refractivity contribution >= 4 is 17.1 Å². The number of nitrogens with one attached hydrogen (secondary N) is 1. The zero-order valence-electron chi connectivity index (χ0n) is 11.4. The fourth-order valence-electron chi connectivity index (χ4n) is 1.93. The highest BCUT2D eigenvalue weighted by atomic mass is 16.3. The second-order valence-corrected chi connectivity index (χ2v) is 4.28. The predicted octanol–water partition coefficient (Wildman–Crippen LogP) is 2.27. The molecule has 3 aromatic rings. The average molecular weight is 282 g/mol. The van der Waals surface area contributed by atoms with Crippen LogP contribution in [0.25, 0.3) is 22.6 Å². The standard InChI is InChI=1S/C14H14N6O/c1-3-7-15-14-16-11(10-6-5-9-21-10)12-13(17-14)20(8-4-2)19-18-12/h3-6,9H,1-2,7-8H2,(H,15,16,17). The number of anilines is 1. The molecular weight excluding hydrogens is 268 g/mol. The van der Waals surface area contributed by atoms with Crippen molar-refractivity contribution in [1.29, 1.82) is 0 Å². The molecule has 1 N–H and O–H groups in total. The van der Waals surface area contributed by atoms with E-state index >= 15 is 0 Å². The minimum absolute atomic E-state index is 0.474. The van der Waals surface area contributed by atoms with Crippen molar-refractivity contribution in [1.82, 2.24) is 25.0 Å². The minimum Gasteiger partial charge on any atom is -0.463 e. The van der Waals surface area contributed by atoms with E-state index in [4.69, 9.17) is 4.42 Å². The lowest BCUT2D eigenvalue weighted by Gasteiger charge is -2.05. The largest absolute Gasteiger partial charge is 0.463 e. The van der Waals surface area contributed by atoms with E-state index < -0.39 is 0 Å². The summed E-state index contributed by atoms with van der Waals surface area (Å²) in [5, 5.41) is 11.3. The van der Waals surface area contributed by atoms with Gasteiger partial charge in [-0.2, -0.15) is 4.98 Å². The highest BCUT2D eigenvalue weighted by Gasteiger charge is 2.17. The summed E-state index contributed by atoms with van der Waals surface area (Å²) in [7, 11) is 0. The maximum Gasteiger partial charge on any atom is 0.225 e. The van der Waals surface area contributed by atoms with E-state index in [0.29, 0.717) is 41.7 Å². The third kappa shape index (κ3) is 2.40. The molecule has 3 heterocycles. The molecule has 0 fully saturated rings. The molecule has 0 saturated carbocycles. The number of aromatic nitrogens is 5. The minimum atomic E-state index is 0.474. The van der Waals surface area contributed by atoms with Gasteiger partial charge in [0.1, 0.15) is 5.69 Å². The van der Waals surface area contributed by atoms with Crippen molar-refractivity contribution in [3.05, 3.63) is 43.7 Å². The predicted molar refractivity (Wildman–Crippen MR) is 79.7 cm³/mol. The molecule has 0 spiro atoms. The molecule has 106 valence electrons. The average Bonchev–Trinajstić information content (AvgIpc) is 3.15. The van der Waals surface area contributed by atoms with Crippen LogP contribution >= 0.6 is 0 Å². The lowest BCUT2D eigenvalue weighted by Crippen LogP contribution is -2.06. The van der Waals surface area contributed by atoms with Crippen molar-refractivity contribution in [2.75, 3.05) is 11.9 Å². The van der Waals surface area contributed by atoms with Crippen molar-refractivity contribution in [2.24, 2.45) is 0 Å². The molecular formula is C14H14N6O. The summed E-state index contributed by atoms with van der Waals surface area (Å²) in [6.45, 7) is 8.46. The van der Waals surface area contributed by atoms with E-state index in [1.54, 1.807) is 29.2 Å². The Morgan fingerprint density at radius 1 is 1.29 bits per heavy atom. The van der Waals surface area contributed by atoms with Crippen LogP contribution in [0.5, 0.6) is 0 Å². The van der Waals surface area contributed by atoms with Crippen LogP contribution in [0.4, 0.5) is 5.95 Å². The molecule has 7 heteroatoms. The molecule has 7 nitrogen and oxygen atoms in total. The third-order valence-corrected chi connectivity index (χ3v) is 2.82. The van der Waals surface area contributed by atoms with Gasteiger partial charge in [0.15, 0.2) is 16.9 Å². The zero-order chi connectivity index (χ0) is 14.7. The Labute approximate surface area is 121 Å². The van der Waals surface area contributed by atoms with Gasteiger partial charge in [-0.1, -0.05) is 17.4 Å².